The average Bonchev–Trinajstić information content (AvgIpc) is 2.29. The zero-order valence-electron chi connectivity index (χ0n) is 9.75. The van der Waals surface area contributed by atoms with Crippen LogP contribution in [0.25, 0.3) is 0 Å². The maximum Gasteiger partial charge on any atom is 0.119 e. The van der Waals surface area contributed by atoms with Gasteiger partial charge in [-0.05, 0) is 49.2 Å². The van der Waals surface area contributed by atoms with Crippen LogP contribution in [0.2, 0.25) is 0 Å². The Morgan fingerprint density at radius 1 is 1.44 bits per heavy atom. The van der Waals surface area contributed by atoms with E-state index in [1.807, 2.05) is 30.9 Å². The van der Waals surface area contributed by atoms with Gasteiger partial charge >= 0.3 is 0 Å². The number of hydrogen-bond donors (Lipinski definition) is 1. The maximum absolute atomic E-state index is 5.69. The molecular weight excluding hydrogens is 286 g/mol. The van der Waals surface area contributed by atoms with Crippen LogP contribution in [0.1, 0.15) is 12.0 Å². The van der Waals surface area contributed by atoms with Crippen molar-refractivity contribution in [3.05, 3.63) is 28.2 Å². The molecule has 16 heavy (non-hydrogen) atoms. The Balaban J connectivity index is 2.50. The molecule has 0 aliphatic carbocycles. The van der Waals surface area contributed by atoms with Crippen LogP contribution >= 0.6 is 27.7 Å². The molecule has 0 aliphatic heterocycles. The van der Waals surface area contributed by atoms with Crippen LogP contribution in [0.5, 0.6) is 5.75 Å². The van der Waals surface area contributed by atoms with Crippen molar-refractivity contribution in [2.24, 2.45) is 0 Å². The van der Waals surface area contributed by atoms with E-state index in [4.69, 9.17) is 4.74 Å². The predicted octanol–water partition coefficient (Wildman–Crippen LogP) is 3.30. The minimum Gasteiger partial charge on any atom is -0.494 e. The van der Waals surface area contributed by atoms with E-state index < -0.39 is 0 Å². The lowest BCUT2D eigenvalue weighted by atomic mass is 10.2. The Kier molecular flexibility index (Phi) is 6.92. The van der Waals surface area contributed by atoms with Crippen LogP contribution in [0.15, 0.2) is 22.7 Å². The van der Waals surface area contributed by atoms with Gasteiger partial charge in [0.05, 0.1) is 6.61 Å². The van der Waals surface area contributed by atoms with Crippen LogP contribution in [0, 0.1) is 0 Å². The number of halogens is 1. The lowest BCUT2D eigenvalue weighted by Gasteiger charge is -2.09. The lowest BCUT2D eigenvalue weighted by Crippen LogP contribution is -2.06. The van der Waals surface area contributed by atoms with E-state index >= 15 is 0 Å². The molecule has 1 aromatic carbocycles. The number of thioether (sulfide) groups is 1. The van der Waals surface area contributed by atoms with E-state index in [0.29, 0.717) is 0 Å². The molecule has 1 aromatic rings. The fourth-order valence-corrected chi connectivity index (χ4v) is 2.15. The Morgan fingerprint density at radius 3 is 2.94 bits per heavy atom. The van der Waals surface area contributed by atoms with Gasteiger partial charge in [0.15, 0.2) is 0 Å². The molecule has 0 amide bonds. The van der Waals surface area contributed by atoms with Gasteiger partial charge in [0.2, 0.25) is 0 Å². The average molecular weight is 304 g/mol. The molecular formula is C12H18BrNOS. The first-order valence-corrected chi connectivity index (χ1v) is 7.51. The summed E-state index contributed by atoms with van der Waals surface area (Å²) in [5.41, 5.74) is 1.23. The fraction of sp³-hybridized carbons (Fsp3) is 0.500. The highest BCUT2D eigenvalue weighted by molar-refractivity contribution is 9.10. The minimum atomic E-state index is 0.793. The van der Waals surface area contributed by atoms with Gasteiger partial charge in [0, 0.05) is 11.0 Å². The Bertz CT molecular complexity index is 320. The van der Waals surface area contributed by atoms with Gasteiger partial charge in [0.1, 0.15) is 5.75 Å². The number of nitrogens with one attached hydrogen (secondary N) is 1. The Labute approximate surface area is 110 Å². The van der Waals surface area contributed by atoms with Crippen LogP contribution < -0.4 is 10.1 Å². The molecule has 1 N–H and O–H groups in total. The molecule has 2 nitrogen and oxygen atoms in total. The van der Waals surface area contributed by atoms with Gasteiger partial charge in [-0.25, -0.2) is 0 Å². The molecule has 0 atom stereocenters. The fourth-order valence-electron chi connectivity index (χ4n) is 1.36. The van der Waals surface area contributed by atoms with E-state index in [1.54, 1.807) is 0 Å². The number of benzene rings is 1. The maximum atomic E-state index is 5.69. The van der Waals surface area contributed by atoms with E-state index in [0.717, 1.165) is 35.5 Å². The van der Waals surface area contributed by atoms with Crippen molar-refractivity contribution in [1.82, 2.24) is 5.32 Å². The van der Waals surface area contributed by atoms with Crippen LogP contribution in [-0.2, 0) is 6.54 Å². The van der Waals surface area contributed by atoms with E-state index in [2.05, 4.69) is 33.6 Å². The molecule has 0 aromatic heterocycles. The van der Waals surface area contributed by atoms with Crippen LogP contribution in [-0.4, -0.2) is 25.7 Å². The smallest absolute Gasteiger partial charge is 0.119 e. The second kappa shape index (κ2) is 7.98. The third-order valence-corrected chi connectivity index (χ3v) is 3.62. The minimum absolute atomic E-state index is 0.793. The van der Waals surface area contributed by atoms with Gasteiger partial charge in [-0.1, -0.05) is 15.9 Å². The number of hydrogen-bond acceptors (Lipinski definition) is 3. The zero-order valence-corrected chi connectivity index (χ0v) is 12.2. The molecule has 0 fully saturated rings. The van der Waals surface area contributed by atoms with Crippen molar-refractivity contribution < 1.29 is 4.74 Å². The van der Waals surface area contributed by atoms with Gasteiger partial charge in [-0.3, -0.25) is 0 Å². The Morgan fingerprint density at radius 2 is 2.25 bits per heavy atom. The molecule has 0 heterocycles. The summed E-state index contributed by atoms with van der Waals surface area (Å²) in [5.74, 6) is 2.11. The van der Waals surface area contributed by atoms with Crippen molar-refractivity contribution in [3.63, 3.8) is 0 Å². The zero-order chi connectivity index (χ0) is 11.8. The van der Waals surface area contributed by atoms with Crippen molar-refractivity contribution >= 4 is 27.7 Å². The second-order valence-corrected chi connectivity index (χ2v) is 5.32. The first-order chi connectivity index (χ1) is 7.77. The largest absolute Gasteiger partial charge is 0.494 e. The highest BCUT2D eigenvalue weighted by Crippen LogP contribution is 2.22. The SMILES string of the molecule is CNCc1cc(OCCCSC)ccc1Br. The summed E-state index contributed by atoms with van der Waals surface area (Å²) in [6.07, 6.45) is 3.21. The van der Waals surface area contributed by atoms with Gasteiger partial charge in [-0.15, -0.1) is 0 Å². The quantitative estimate of drug-likeness (QED) is 0.781. The van der Waals surface area contributed by atoms with Crippen LogP contribution in [0.3, 0.4) is 0 Å². The van der Waals surface area contributed by atoms with Crippen molar-refractivity contribution in [1.29, 1.82) is 0 Å². The molecule has 90 valence electrons. The summed E-state index contributed by atoms with van der Waals surface area (Å²) in [4.78, 5) is 0. The third-order valence-electron chi connectivity index (χ3n) is 2.15. The van der Waals surface area contributed by atoms with Gasteiger partial charge < -0.3 is 10.1 Å². The molecule has 0 bridgehead atoms. The van der Waals surface area contributed by atoms with Gasteiger partial charge in [0.25, 0.3) is 0 Å². The molecule has 4 heteroatoms. The summed E-state index contributed by atoms with van der Waals surface area (Å²) >= 11 is 5.38. The summed E-state index contributed by atoms with van der Waals surface area (Å²) in [7, 11) is 1.94. The number of rotatable bonds is 7. The first-order valence-electron chi connectivity index (χ1n) is 5.32. The molecule has 0 aliphatic rings. The van der Waals surface area contributed by atoms with Crippen molar-refractivity contribution in [3.8, 4) is 5.75 Å². The van der Waals surface area contributed by atoms with Crippen molar-refractivity contribution in [2.45, 2.75) is 13.0 Å². The number of ether oxygens (including phenoxy) is 1. The third kappa shape index (κ3) is 4.76. The molecule has 0 unspecified atom stereocenters. The normalized spacial score (nSPS) is 10.4. The van der Waals surface area contributed by atoms with E-state index in [9.17, 15) is 0 Å². The molecule has 0 saturated heterocycles. The molecule has 1 rings (SSSR count). The molecule has 0 radical (unpaired) electrons. The molecule has 0 spiro atoms. The highest BCUT2D eigenvalue weighted by Gasteiger charge is 2.01. The monoisotopic (exact) mass is 303 g/mol. The second-order valence-electron chi connectivity index (χ2n) is 3.48. The van der Waals surface area contributed by atoms with E-state index in [-0.39, 0.29) is 0 Å². The highest BCUT2D eigenvalue weighted by atomic mass is 79.9. The first kappa shape index (κ1) is 13.9. The summed E-state index contributed by atoms with van der Waals surface area (Å²) in [5, 5.41) is 3.14. The Hall–Kier alpha value is -0.190. The summed E-state index contributed by atoms with van der Waals surface area (Å²) in [6, 6.07) is 6.12. The van der Waals surface area contributed by atoms with Gasteiger partial charge in [-0.2, -0.15) is 11.8 Å². The van der Waals surface area contributed by atoms with Crippen molar-refractivity contribution in [2.75, 3.05) is 25.7 Å². The predicted molar refractivity (Wildman–Crippen MR) is 75.4 cm³/mol. The lowest BCUT2D eigenvalue weighted by molar-refractivity contribution is 0.318. The summed E-state index contributed by atoms with van der Waals surface area (Å²) in [6.45, 7) is 1.64. The standard InChI is InChI=1S/C12H18BrNOS/c1-14-9-10-8-11(4-5-12(10)13)15-6-3-7-16-2/h4-5,8,14H,3,6-7,9H2,1-2H3. The van der Waals surface area contributed by atoms with E-state index in [1.165, 1.54) is 5.56 Å². The van der Waals surface area contributed by atoms with Crippen LogP contribution in [0.4, 0.5) is 0 Å². The topological polar surface area (TPSA) is 21.3 Å². The molecule has 0 saturated carbocycles. The summed E-state index contributed by atoms with van der Waals surface area (Å²) < 4.78 is 6.81.